The molecule has 5 heteroatoms. The van der Waals surface area contributed by atoms with Gasteiger partial charge in [-0.1, -0.05) is 30.3 Å². The van der Waals surface area contributed by atoms with E-state index in [1.54, 1.807) is 12.1 Å². The number of amides is 2. The standard InChI is InChI=1S/C22H27N3O2/c1-16(2)24-21(26)20-15-19(8-11-23-20)22(27)25-12-9-18(10-13-25)14-17-6-4-3-5-7-17/h3-8,11,15-16,18H,9-10,12-14H2,1-2H3,(H,24,26). The molecule has 1 N–H and O–H groups in total. The van der Waals surface area contributed by atoms with Crippen molar-refractivity contribution in [2.75, 3.05) is 13.1 Å². The first kappa shape index (κ1) is 19.1. The van der Waals surface area contributed by atoms with Gasteiger partial charge in [0.25, 0.3) is 11.8 Å². The molecule has 0 atom stereocenters. The summed E-state index contributed by atoms with van der Waals surface area (Å²) in [6.07, 6.45) is 4.61. The Kier molecular flexibility index (Phi) is 6.22. The molecule has 2 aromatic rings. The van der Waals surface area contributed by atoms with Gasteiger partial charge in [-0.15, -0.1) is 0 Å². The monoisotopic (exact) mass is 365 g/mol. The third-order valence-electron chi connectivity index (χ3n) is 4.93. The average Bonchev–Trinajstić information content (AvgIpc) is 2.68. The number of carbonyl (C=O) groups excluding carboxylic acids is 2. The number of piperidine rings is 1. The molecule has 0 aliphatic carbocycles. The van der Waals surface area contributed by atoms with Crippen LogP contribution in [0.15, 0.2) is 48.7 Å². The van der Waals surface area contributed by atoms with Gasteiger partial charge in [0.15, 0.2) is 0 Å². The number of pyridine rings is 1. The summed E-state index contributed by atoms with van der Waals surface area (Å²) >= 11 is 0. The minimum Gasteiger partial charge on any atom is -0.349 e. The summed E-state index contributed by atoms with van der Waals surface area (Å²) in [4.78, 5) is 30.9. The van der Waals surface area contributed by atoms with E-state index in [-0.39, 0.29) is 23.6 Å². The van der Waals surface area contributed by atoms with Crippen molar-refractivity contribution in [1.29, 1.82) is 0 Å². The van der Waals surface area contributed by atoms with Crippen LogP contribution in [0.1, 0.15) is 53.1 Å². The second-order valence-electron chi connectivity index (χ2n) is 7.48. The van der Waals surface area contributed by atoms with Crippen molar-refractivity contribution >= 4 is 11.8 Å². The molecule has 1 aliphatic rings. The van der Waals surface area contributed by atoms with E-state index in [0.717, 1.165) is 32.4 Å². The zero-order chi connectivity index (χ0) is 19.2. The van der Waals surface area contributed by atoms with Gasteiger partial charge in [0.1, 0.15) is 5.69 Å². The summed E-state index contributed by atoms with van der Waals surface area (Å²) in [5, 5.41) is 2.81. The number of aromatic nitrogens is 1. The minimum absolute atomic E-state index is 0.0193. The molecule has 0 bridgehead atoms. The highest BCUT2D eigenvalue weighted by molar-refractivity contribution is 5.98. The Labute approximate surface area is 160 Å². The number of hydrogen-bond acceptors (Lipinski definition) is 3. The van der Waals surface area contributed by atoms with Crippen molar-refractivity contribution in [1.82, 2.24) is 15.2 Å². The first-order chi connectivity index (χ1) is 13.0. The number of likely N-dealkylation sites (tertiary alicyclic amines) is 1. The lowest BCUT2D eigenvalue weighted by Gasteiger charge is -2.32. The molecule has 2 amide bonds. The normalized spacial score (nSPS) is 15.0. The average molecular weight is 365 g/mol. The lowest BCUT2D eigenvalue weighted by Crippen LogP contribution is -2.39. The second-order valence-corrected chi connectivity index (χ2v) is 7.48. The third kappa shape index (κ3) is 5.16. The van der Waals surface area contributed by atoms with Crippen molar-refractivity contribution in [3.8, 4) is 0 Å². The van der Waals surface area contributed by atoms with Gasteiger partial charge in [-0.2, -0.15) is 0 Å². The Hall–Kier alpha value is -2.69. The summed E-state index contributed by atoms with van der Waals surface area (Å²) in [7, 11) is 0. The van der Waals surface area contributed by atoms with Gasteiger partial charge in [-0.25, -0.2) is 0 Å². The van der Waals surface area contributed by atoms with E-state index in [0.29, 0.717) is 11.5 Å². The van der Waals surface area contributed by atoms with E-state index in [1.807, 2.05) is 24.8 Å². The number of hydrogen-bond donors (Lipinski definition) is 1. The predicted octanol–water partition coefficient (Wildman–Crippen LogP) is 3.31. The first-order valence-corrected chi connectivity index (χ1v) is 9.63. The maximum atomic E-state index is 12.8. The summed E-state index contributed by atoms with van der Waals surface area (Å²) in [6, 6.07) is 13.8. The van der Waals surface area contributed by atoms with Gasteiger partial charge >= 0.3 is 0 Å². The van der Waals surface area contributed by atoms with E-state index in [9.17, 15) is 9.59 Å². The summed E-state index contributed by atoms with van der Waals surface area (Å²) in [5.74, 6) is 0.344. The SMILES string of the molecule is CC(C)NC(=O)c1cc(C(=O)N2CCC(Cc3ccccc3)CC2)ccn1. The molecular weight excluding hydrogens is 338 g/mol. The lowest BCUT2D eigenvalue weighted by atomic mass is 9.90. The molecule has 0 spiro atoms. The Morgan fingerprint density at radius 2 is 1.85 bits per heavy atom. The van der Waals surface area contributed by atoms with E-state index >= 15 is 0 Å². The van der Waals surface area contributed by atoms with Crippen LogP contribution in [-0.2, 0) is 6.42 Å². The maximum Gasteiger partial charge on any atom is 0.270 e. The molecule has 0 saturated carbocycles. The van der Waals surface area contributed by atoms with Crippen LogP contribution in [-0.4, -0.2) is 40.8 Å². The zero-order valence-electron chi connectivity index (χ0n) is 16.0. The van der Waals surface area contributed by atoms with Crippen LogP contribution < -0.4 is 5.32 Å². The molecule has 1 fully saturated rings. The Morgan fingerprint density at radius 1 is 1.15 bits per heavy atom. The first-order valence-electron chi connectivity index (χ1n) is 9.63. The molecule has 142 valence electrons. The maximum absolute atomic E-state index is 12.8. The Balaban J connectivity index is 1.58. The molecule has 5 nitrogen and oxygen atoms in total. The van der Waals surface area contributed by atoms with Gasteiger partial charge < -0.3 is 10.2 Å². The number of benzene rings is 1. The topological polar surface area (TPSA) is 62.3 Å². The highest BCUT2D eigenvalue weighted by atomic mass is 16.2. The summed E-state index contributed by atoms with van der Waals surface area (Å²) < 4.78 is 0. The number of nitrogens with zero attached hydrogens (tertiary/aromatic N) is 2. The molecule has 3 rings (SSSR count). The van der Waals surface area contributed by atoms with Gasteiger partial charge in [0.2, 0.25) is 0 Å². The van der Waals surface area contributed by atoms with Gasteiger partial charge in [0, 0.05) is 30.9 Å². The molecule has 1 aromatic carbocycles. The van der Waals surface area contributed by atoms with Gasteiger partial charge in [-0.3, -0.25) is 14.6 Å². The van der Waals surface area contributed by atoms with E-state index in [1.165, 1.54) is 11.8 Å². The molecule has 0 unspecified atom stereocenters. The fourth-order valence-electron chi connectivity index (χ4n) is 3.49. The summed E-state index contributed by atoms with van der Waals surface area (Å²) in [6.45, 7) is 5.30. The predicted molar refractivity (Wildman–Crippen MR) is 106 cm³/mol. The third-order valence-corrected chi connectivity index (χ3v) is 4.93. The van der Waals surface area contributed by atoms with Crippen LogP contribution in [0.5, 0.6) is 0 Å². The molecule has 1 aliphatic heterocycles. The number of carbonyl (C=O) groups is 2. The number of nitrogens with one attached hydrogen (secondary N) is 1. The second kappa shape index (κ2) is 8.80. The van der Waals surface area contributed by atoms with Crippen molar-refractivity contribution in [2.45, 2.75) is 39.2 Å². The van der Waals surface area contributed by atoms with Gasteiger partial charge in [0.05, 0.1) is 0 Å². The smallest absolute Gasteiger partial charge is 0.270 e. The Bertz CT molecular complexity index is 781. The van der Waals surface area contributed by atoms with Crippen molar-refractivity contribution in [2.24, 2.45) is 5.92 Å². The van der Waals surface area contributed by atoms with Crippen LogP contribution in [0.3, 0.4) is 0 Å². The van der Waals surface area contributed by atoms with Crippen LogP contribution in [0.2, 0.25) is 0 Å². The van der Waals surface area contributed by atoms with Crippen LogP contribution in [0.4, 0.5) is 0 Å². The molecule has 1 aromatic heterocycles. The molecule has 0 radical (unpaired) electrons. The van der Waals surface area contributed by atoms with Crippen LogP contribution >= 0.6 is 0 Å². The van der Waals surface area contributed by atoms with E-state index < -0.39 is 0 Å². The zero-order valence-corrected chi connectivity index (χ0v) is 16.0. The Morgan fingerprint density at radius 3 is 2.52 bits per heavy atom. The van der Waals surface area contributed by atoms with Crippen molar-refractivity contribution in [3.63, 3.8) is 0 Å². The van der Waals surface area contributed by atoms with E-state index in [2.05, 4.69) is 34.6 Å². The minimum atomic E-state index is -0.249. The van der Waals surface area contributed by atoms with Gasteiger partial charge in [-0.05, 0) is 56.7 Å². The fourth-order valence-corrected chi connectivity index (χ4v) is 3.49. The quantitative estimate of drug-likeness (QED) is 0.884. The summed E-state index contributed by atoms with van der Waals surface area (Å²) in [5.41, 5.74) is 2.17. The highest BCUT2D eigenvalue weighted by Crippen LogP contribution is 2.23. The highest BCUT2D eigenvalue weighted by Gasteiger charge is 2.24. The van der Waals surface area contributed by atoms with Crippen molar-refractivity contribution < 1.29 is 9.59 Å². The van der Waals surface area contributed by atoms with E-state index in [4.69, 9.17) is 0 Å². The molecule has 2 heterocycles. The lowest BCUT2D eigenvalue weighted by molar-refractivity contribution is 0.0690. The van der Waals surface area contributed by atoms with Crippen LogP contribution in [0.25, 0.3) is 0 Å². The van der Waals surface area contributed by atoms with Crippen LogP contribution in [0, 0.1) is 5.92 Å². The fraction of sp³-hybridized carbons (Fsp3) is 0.409. The van der Waals surface area contributed by atoms with Crippen molar-refractivity contribution in [3.05, 3.63) is 65.5 Å². The molecule has 27 heavy (non-hydrogen) atoms. The molecule has 1 saturated heterocycles. The molecular formula is C22H27N3O2. The largest absolute Gasteiger partial charge is 0.349 e. The number of rotatable bonds is 5.